The van der Waals surface area contributed by atoms with E-state index in [0.29, 0.717) is 31.0 Å². The molecule has 0 radical (unpaired) electrons. The summed E-state index contributed by atoms with van der Waals surface area (Å²) in [6, 6.07) is 12.6. The van der Waals surface area contributed by atoms with Gasteiger partial charge < -0.3 is 10.6 Å². The van der Waals surface area contributed by atoms with Gasteiger partial charge in [0.2, 0.25) is 5.91 Å². The SMILES string of the molecule is Cc1ccc(SCCC(=O)NCCNc2cccc(F)c2C#N)cc1C. The van der Waals surface area contributed by atoms with Gasteiger partial charge in [-0.2, -0.15) is 5.26 Å². The average molecular weight is 371 g/mol. The van der Waals surface area contributed by atoms with E-state index in [2.05, 4.69) is 42.7 Å². The molecule has 0 aliphatic rings. The Morgan fingerprint density at radius 2 is 2.00 bits per heavy atom. The molecule has 1 amide bonds. The molecule has 0 atom stereocenters. The molecule has 2 aromatic carbocycles. The molecule has 0 unspecified atom stereocenters. The first-order valence-corrected chi connectivity index (χ1v) is 9.39. The molecule has 0 bridgehead atoms. The molecular formula is C20H22FN3OS. The zero-order valence-corrected chi connectivity index (χ0v) is 15.8. The van der Waals surface area contributed by atoms with E-state index in [-0.39, 0.29) is 11.5 Å². The lowest BCUT2D eigenvalue weighted by Gasteiger charge is -2.10. The van der Waals surface area contributed by atoms with Gasteiger partial charge in [0.25, 0.3) is 0 Å². The summed E-state index contributed by atoms with van der Waals surface area (Å²) < 4.78 is 13.5. The molecule has 0 saturated carbocycles. The first-order valence-electron chi connectivity index (χ1n) is 8.40. The van der Waals surface area contributed by atoms with E-state index in [4.69, 9.17) is 5.26 Å². The summed E-state index contributed by atoms with van der Waals surface area (Å²) in [7, 11) is 0. The number of rotatable bonds is 8. The van der Waals surface area contributed by atoms with Crippen molar-refractivity contribution >= 4 is 23.4 Å². The van der Waals surface area contributed by atoms with Gasteiger partial charge in [0.1, 0.15) is 17.4 Å². The Morgan fingerprint density at radius 3 is 2.73 bits per heavy atom. The first-order chi connectivity index (χ1) is 12.5. The minimum atomic E-state index is -0.551. The highest BCUT2D eigenvalue weighted by Gasteiger charge is 2.07. The Kier molecular flexibility index (Phi) is 7.49. The number of aryl methyl sites for hydroxylation is 2. The average Bonchev–Trinajstić information content (AvgIpc) is 2.62. The molecule has 0 saturated heterocycles. The third kappa shape index (κ3) is 5.78. The molecule has 0 heterocycles. The zero-order chi connectivity index (χ0) is 18.9. The number of nitrogens with zero attached hydrogens (tertiary/aromatic N) is 1. The van der Waals surface area contributed by atoms with E-state index in [1.807, 2.05) is 6.07 Å². The number of anilines is 1. The van der Waals surface area contributed by atoms with Crippen molar-refractivity contribution in [2.75, 3.05) is 24.2 Å². The van der Waals surface area contributed by atoms with Gasteiger partial charge in [-0.1, -0.05) is 12.1 Å². The van der Waals surface area contributed by atoms with E-state index in [9.17, 15) is 9.18 Å². The summed E-state index contributed by atoms with van der Waals surface area (Å²) in [6.07, 6.45) is 0.432. The van der Waals surface area contributed by atoms with Gasteiger partial charge >= 0.3 is 0 Å². The van der Waals surface area contributed by atoms with Crippen molar-refractivity contribution < 1.29 is 9.18 Å². The molecule has 2 rings (SSSR count). The number of thioether (sulfide) groups is 1. The Balaban J connectivity index is 1.67. The molecule has 4 nitrogen and oxygen atoms in total. The van der Waals surface area contributed by atoms with Gasteiger partial charge in [-0.05, 0) is 49.2 Å². The largest absolute Gasteiger partial charge is 0.382 e. The fraction of sp³-hybridized carbons (Fsp3) is 0.300. The lowest BCUT2D eigenvalue weighted by molar-refractivity contribution is -0.120. The second kappa shape index (κ2) is 9.83. The van der Waals surface area contributed by atoms with Crippen LogP contribution in [-0.4, -0.2) is 24.7 Å². The van der Waals surface area contributed by atoms with E-state index < -0.39 is 5.82 Å². The number of nitrogens with one attached hydrogen (secondary N) is 2. The molecule has 0 spiro atoms. The van der Waals surface area contributed by atoms with E-state index >= 15 is 0 Å². The van der Waals surface area contributed by atoms with Crippen LogP contribution in [0.5, 0.6) is 0 Å². The molecule has 136 valence electrons. The van der Waals surface area contributed by atoms with Crippen LogP contribution < -0.4 is 10.6 Å². The monoisotopic (exact) mass is 371 g/mol. The smallest absolute Gasteiger partial charge is 0.220 e. The maximum Gasteiger partial charge on any atom is 0.220 e. The van der Waals surface area contributed by atoms with Crippen LogP contribution in [0.2, 0.25) is 0 Å². The Morgan fingerprint density at radius 1 is 1.19 bits per heavy atom. The molecule has 0 aliphatic carbocycles. The molecule has 0 aromatic heterocycles. The van der Waals surface area contributed by atoms with Crippen LogP contribution in [-0.2, 0) is 4.79 Å². The van der Waals surface area contributed by atoms with Crippen LogP contribution >= 0.6 is 11.8 Å². The predicted molar refractivity (Wildman–Crippen MR) is 104 cm³/mol. The number of carbonyl (C=O) groups excluding carboxylic acids is 1. The van der Waals surface area contributed by atoms with Crippen molar-refractivity contribution in [3.63, 3.8) is 0 Å². The van der Waals surface area contributed by atoms with Crippen molar-refractivity contribution in [1.82, 2.24) is 5.32 Å². The number of benzene rings is 2. The first kappa shape index (κ1) is 19.8. The number of halogens is 1. The fourth-order valence-corrected chi connectivity index (χ4v) is 3.29. The van der Waals surface area contributed by atoms with Crippen molar-refractivity contribution in [3.8, 4) is 6.07 Å². The Labute approximate surface area is 157 Å². The second-order valence-electron chi connectivity index (χ2n) is 5.90. The van der Waals surface area contributed by atoms with E-state index in [0.717, 1.165) is 4.90 Å². The summed E-state index contributed by atoms with van der Waals surface area (Å²) in [6.45, 7) is 4.99. The van der Waals surface area contributed by atoms with Gasteiger partial charge in [-0.25, -0.2) is 4.39 Å². The summed E-state index contributed by atoms with van der Waals surface area (Å²) in [5, 5.41) is 14.8. The van der Waals surface area contributed by atoms with Crippen LogP contribution in [0, 0.1) is 31.0 Å². The highest BCUT2D eigenvalue weighted by molar-refractivity contribution is 7.99. The number of amides is 1. The number of nitriles is 1. The normalized spacial score (nSPS) is 10.2. The summed E-state index contributed by atoms with van der Waals surface area (Å²) in [4.78, 5) is 13.0. The van der Waals surface area contributed by atoms with Crippen molar-refractivity contribution in [2.45, 2.75) is 25.2 Å². The minimum absolute atomic E-state index is 0.0105. The molecule has 26 heavy (non-hydrogen) atoms. The van der Waals surface area contributed by atoms with Gasteiger partial charge in [-0.15, -0.1) is 11.8 Å². The van der Waals surface area contributed by atoms with Crippen LogP contribution in [0.25, 0.3) is 0 Å². The number of hydrogen-bond acceptors (Lipinski definition) is 4. The molecule has 0 fully saturated rings. The van der Waals surface area contributed by atoms with Crippen LogP contribution in [0.4, 0.5) is 10.1 Å². The van der Waals surface area contributed by atoms with Crippen molar-refractivity contribution in [2.24, 2.45) is 0 Å². The van der Waals surface area contributed by atoms with Crippen molar-refractivity contribution in [1.29, 1.82) is 5.26 Å². The summed E-state index contributed by atoms with van der Waals surface area (Å²) in [5.41, 5.74) is 2.94. The van der Waals surface area contributed by atoms with Gasteiger partial charge in [0, 0.05) is 30.2 Å². The number of carbonyl (C=O) groups is 1. The quantitative estimate of drug-likeness (QED) is 0.543. The fourth-order valence-electron chi connectivity index (χ4n) is 2.34. The van der Waals surface area contributed by atoms with Gasteiger partial charge in [-0.3, -0.25) is 4.79 Å². The lowest BCUT2D eigenvalue weighted by Crippen LogP contribution is -2.29. The number of hydrogen-bond donors (Lipinski definition) is 2. The minimum Gasteiger partial charge on any atom is -0.382 e. The highest BCUT2D eigenvalue weighted by Crippen LogP contribution is 2.21. The Bertz CT molecular complexity index is 817. The zero-order valence-electron chi connectivity index (χ0n) is 14.9. The van der Waals surface area contributed by atoms with Crippen LogP contribution in [0.1, 0.15) is 23.1 Å². The van der Waals surface area contributed by atoms with Crippen LogP contribution in [0.15, 0.2) is 41.3 Å². The maximum atomic E-state index is 13.5. The molecule has 2 aromatic rings. The van der Waals surface area contributed by atoms with Crippen molar-refractivity contribution in [3.05, 3.63) is 58.9 Å². The van der Waals surface area contributed by atoms with E-state index in [1.165, 1.54) is 17.2 Å². The van der Waals surface area contributed by atoms with Gasteiger partial charge in [0.15, 0.2) is 0 Å². The maximum absolute atomic E-state index is 13.5. The third-order valence-corrected chi connectivity index (χ3v) is 4.96. The Hall–Kier alpha value is -2.52. The molecule has 2 N–H and O–H groups in total. The van der Waals surface area contributed by atoms with Crippen LogP contribution in [0.3, 0.4) is 0 Å². The topological polar surface area (TPSA) is 64.9 Å². The standard InChI is InChI=1S/C20H22FN3OS/c1-14-6-7-16(12-15(14)2)26-11-8-20(25)24-10-9-23-19-5-3-4-18(21)17(19)13-22/h3-7,12,23H,8-11H2,1-2H3,(H,24,25). The molecular weight excluding hydrogens is 349 g/mol. The summed E-state index contributed by atoms with van der Waals surface area (Å²) >= 11 is 1.66. The molecule has 6 heteroatoms. The lowest BCUT2D eigenvalue weighted by atomic mass is 10.1. The predicted octanol–water partition coefficient (Wildman–Crippen LogP) is 4.02. The third-order valence-electron chi connectivity index (χ3n) is 3.96. The van der Waals surface area contributed by atoms with E-state index in [1.54, 1.807) is 23.9 Å². The molecule has 0 aliphatic heterocycles. The van der Waals surface area contributed by atoms with Gasteiger partial charge in [0.05, 0.1) is 5.69 Å². The second-order valence-corrected chi connectivity index (χ2v) is 7.06. The summed E-state index contributed by atoms with van der Waals surface area (Å²) in [5.74, 6) is 0.136. The highest BCUT2D eigenvalue weighted by atomic mass is 32.2.